The van der Waals surface area contributed by atoms with Crippen LogP contribution in [0.3, 0.4) is 0 Å². The van der Waals surface area contributed by atoms with Gasteiger partial charge in [-0.15, -0.1) is 0 Å². The number of aromatic nitrogens is 3. The molecule has 0 aliphatic rings. The number of oxazole rings is 1. The second kappa shape index (κ2) is 7.17. The Hall–Kier alpha value is -3.87. The van der Waals surface area contributed by atoms with Gasteiger partial charge < -0.3 is 20.2 Å². The summed E-state index contributed by atoms with van der Waals surface area (Å²) in [6.45, 7) is 2.00. The molecule has 0 atom stereocenters. The number of aryl methyl sites for hydroxylation is 1. The van der Waals surface area contributed by atoms with E-state index in [0.29, 0.717) is 17.7 Å². The highest BCUT2D eigenvalue weighted by Crippen LogP contribution is 2.27. The third-order valence-corrected chi connectivity index (χ3v) is 3.93. The Morgan fingerprint density at radius 3 is 2.63 bits per heavy atom. The summed E-state index contributed by atoms with van der Waals surface area (Å²) in [4.78, 5) is 12.9. The van der Waals surface area contributed by atoms with E-state index >= 15 is 0 Å². The molecule has 0 aliphatic heterocycles. The Morgan fingerprint density at radius 2 is 1.81 bits per heavy atom. The van der Waals surface area contributed by atoms with E-state index in [1.54, 1.807) is 42.9 Å². The number of phenolic OH excluding ortho intramolecular Hbond substituents is 1. The van der Waals surface area contributed by atoms with Crippen molar-refractivity contribution in [1.82, 2.24) is 15.0 Å². The summed E-state index contributed by atoms with van der Waals surface area (Å²) in [5.41, 5.74) is 3.52. The van der Waals surface area contributed by atoms with Crippen molar-refractivity contribution in [2.75, 3.05) is 10.6 Å². The Morgan fingerprint density at radius 1 is 0.926 bits per heavy atom. The highest BCUT2D eigenvalue weighted by atomic mass is 16.3. The number of rotatable bonds is 5. The summed E-state index contributed by atoms with van der Waals surface area (Å²) in [5.74, 6) is 1.81. The number of hydrogen-bond acceptors (Lipinski definition) is 7. The first kappa shape index (κ1) is 16.6. The SMILES string of the molecule is Cc1ccc(Nc2nccc(Nc3cccc(O)c3)n2)cc1-c1ncco1. The fourth-order valence-corrected chi connectivity index (χ4v) is 2.64. The fourth-order valence-electron chi connectivity index (χ4n) is 2.64. The maximum absolute atomic E-state index is 9.57. The summed E-state index contributed by atoms with van der Waals surface area (Å²) in [6.07, 6.45) is 4.83. The van der Waals surface area contributed by atoms with Crippen LogP contribution in [0.4, 0.5) is 23.1 Å². The van der Waals surface area contributed by atoms with Gasteiger partial charge in [0.15, 0.2) is 0 Å². The minimum Gasteiger partial charge on any atom is -0.508 e. The Bertz CT molecular complexity index is 1060. The van der Waals surface area contributed by atoms with E-state index in [1.165, 1.54) is 0 Å². The zero-order valence-corrected chi connectivity index (χ0v) is 14.5. The van der Waals surface area contributed by atoms with Gasteiger partial charge in [-0.05, 0) is 42.8 Å². The van der Waals surface area contributed by atoms with Gasteiger partial charge in [0.25, 0.3) is 0 Å². The quantitative estimate of drug-likeness (QED) is 0.478. The largest absolute Gasteiger partial charge is 0.508 e. The van der Waals surface area contributed by atoms with E-state index in [0.717, 1.165) is 22.5 Å². The van der Waals surface area contributed by atoms with Crippen LogP contribution in [0.2, 0.25) is 0 Å². The molecule has 3 N–H and O–H groups in total. The van der Waals surface area contributed by atoms with Crippen molar-refractivity contribution in [1.29, 1.82) is 0 Å². The van der Waals surface area contributed by atoms with Gasteiger partial charge in [-0.2, -0.15) is 4.98 Å². The average Bonchev–Trinajstić information content (AvgIpc) is 3.18. The number of hydrogen-bond donors (Lipinski definition) is 3. The molecule has 0 aliphatic carbocycles. The van der Waals surface area contributed by atoms with E-state index in [2.05, 4.69) is 25.6 Å². The van der Waals surface area contributed by atoms with Crippen molar-refractivity contribution < 1.29 is 9.52 Å². The molecule has 27 heavy (non-hydrogen) atoms. The molecule has 0 bridgehead atoms. The van der Waals surface area contributed by atoms with Gasteiger partial charge in [0, 0.05) is 29.2 Å². The second-order valence-electron chi connectivity index (χ2n) is 5.93. The average molecular weight is 359 g/mol. The molecule has 7 nitrogen and oxygen atoms in total. The lowest BCUT2D eigenvalue weighted by molar-refractivity contribution is 0.475. The van der Waals surface area contributed by atoms with Gasteiger partial charge in [0.1, 0.15) is 17.8 Å². The molecule has 0 saturated carbocycles. The van der Waals surface area contributed by atoms with Crippen LogP contribution in [-0.2, 0) is 0 Å². The third kappa shape index (κ3) is 3.87. The number of anilines is 4. The molecule has 0 spiro atoms. The molecule has 4 rings (SSSR count). The predicted octanol–water partition coefficient (Wildman–Crippen LogP) is 4.63. The van der Waals surface area contributed by atoms with Crippen molar-refractivity contribution in [3.63, 3.8) is 0 Å². The lowest BCUT2D eigenvalue weighted by Crippen LogP contribution is -2.00. The number of phenols is 1. The van der Waals surface area contributed by atoms with Crippen LogP contribution < -0.4 is 10.6 Å². The molecule has 7 heteroatoms. The Balaban J connectivity index is 1.56. The summed E-state index contributed by atoms with van der Waals surface area (Å²) in [6, 6.07) is 14.5. The highest BCUT2D eigenvalue weighted by molar-refractivity contribution is 5.68. The van der Waals surface area contributed by atoms with Crippen molar-refractivity contribution in [2.24, 2.45) is 0 Å². The van der Waals surface area contributed by atoms with Crippen LogP contribution in [0.5, 0.6) is 5.75 Å². The van der Waals surface area contributed by atoms with Crippen LogP contribution in [0.25, 0.3) is 11.5 Å². The first-order valence-corrected chi connectivity index (χ1v) is 8.34. The van der Waals surface area contributed by atoms with E-state index in [4.69, 9.17) is 4.42 Å². The maximum atomic E-state index is 9.57. The molecular formula is C20H17N5O2. The molecule has 0 fully saturated rings. The van der Waals surface area contributed by atoms with E-state index < -0.39 is 0 Å². The van der Waals surface area contributed by atoms with Gasteiger partial charge in [-0.1, -0.05) is 12.1 Å². The van der Waals surface area contributed by atoms with Gasteiger partial charge in [0.05, 0.1) is 6.20 Å². The van der Waals surface area contributed by atoms with Gasteiger partial charge >= 0.3 is 0 Å². The number of benzene rings is 2. The van der Waals surface area contributed by atoms with Crippen molar-refractivity contribution in [3.8, 4) is 17.2 Å². The van der Waals surface area contributed by atoms with Crippen LogP contribution in [0, 0.1) is 6.92 Å². The smallest absolute Gasteiger partial charge is 0.229 e. The van der Waals surface area contributed by atoms with Crippen molar-refractivity contribution in [3.05, 3.63) is 72.8 Å². The van der Waals surface area contributed by atoms with Crippen LogP contribution >= 0.6 is 0 Å². The second-order valence-corrected chi connectivity index (χ2v) is 5.93. The minimum atomic E-state index is 0.186. The molecule has 4 aromatic rings. The van der Waals surface area contributed by atoms with E-state index in [-0.39, 0.29) is 5.75 Å². The lowest BCUT2D eigenvalue weighted by atomic mass is 10.1. The molecule has 2 heterocycles. The topological polar surface area (TPSA) is 96.1 Å². The van der Waals surface area contributed by atoms with Crippen LogP contribution in [0.1, 0.15) is 5.56 Å². The molecule has 0 amide bonds. The number of nitrogens with one attached hydrogen (secondary N) is 2. The number of nitrogens with zero attached hydrogens (tertiary/aromatic N) is 3. The molecule has 0 radical (unpaired) electrons. The lowest BCUT2D eigenvalue weighted by Gasteiger charge is -2.10. The van der Waals surface area contributed by atoms with E-state index in [9.17, 15) is 5.11 Å². The fraction of sp³-hybridized carbons (Fsp3) is 0.0500. The summed E-state index contributed by atoms with van der Waals surface area (Å²) >= 11 is 0. The Labute approximate surface area is 155 Å². The zero-order valence-electron chi connectivity index (χ0n) is 14.5. The van der Waals surface area contributed by atoms with Gasteiger partial charge in [-0.3, -0.25) is 0 Å². The molecule has 2 aromatic carbocycles. The molecule has 134 valence electrons. The van der Waals surface area contributed by atoms with Gasteiger partial charge in [-0.25, -0.2) is 9.97 Å². The number of aromatic hydroxyl groups is 1. The van der Waals surface area contributed by atoms with Crippen LogP contribution in [-0.4, -0.2) is 20.1 Å². The third-order valence-electron chi connectivity index (χ3n) is 3.93. The van der Waals surface area contributed by atoms with Gasteiger partial charge in [0.2, 0.25) is 11.8 Å². The zero-order chi connectivity index (χ0) is 18.6. The summed E-state index contributed by atoms with van der Waals surface area (Å²) in [7, 11) is 0. The standard InChI is InChI=1S/C20H17N5O2/c1-13-5-6-15(12-17(13)19-21-9-10-27-19)24-20-22-8-7-18(25-20)23-14-3-2-4-16(26)11-14/h2-12,26H,1H3,(H2,22,23,24,25). The highest BCUT2D eigenvalue weighted by Gasteiger charge is 2.09. The normalized spacial score (nSPS) is 10.6. The summed E-state index contributed by atoms with van der Waals surface area (Å²) in [5, 5.41) is 15.9. The molecule has 0 unspecified atom stereocenters. The molecule has 2 aromatic heterocycles. The first-order valence-electron chi connectivity index (χ1n) is 8.34. The molecular weight excluding hydrogens is 342 g/mol. The molecule has 0 saturated heterocycles. The van der Waals surface area contributed by atoms with Crippen LogP contribution in [0.15, 0.2) is 71.6 Å². The van der Waals surface area contributed by atoms with E-state index in [1.807, 2.05) is 31.2 Å². The maximum Gasteiger partial charge on any atom is 0.229 e. The first-order chi connectivity index (χ1) is 13.2. The van der Waals surface area contributed by atoms with Crippen molar-refractivity contribution >= 4 is 23.1 Å². The predicted molar refractivity (Wildman–Crippen MR) is 103 cm³/mol. The minimum absolute atomic E-state index is 0.186. The summed E-state index contributed by atoms with van der Waals surface area (Å²) < 4.78 is 5.40. The Kier molecular flexibility index (Phi) is 4.40. The van der Waals surface area contributed by atoms with Crippen molar-refractivity contribution in [2.45, 2.75) is 6.92 Å². The monoisotopic (exact) mass is 359 g/mol.